The Morgan fingerprint density at radius 3 is 2.50 bits per heavy atom. The van der Waals surface area contributed by atoms with Gasteiger partial charge in [-0.15, -0.1) is 0 Å². The van der Waals surface area contributed by atoms with Crippen LogP contribution in [0.4, 0.5) is 0 Å². The Morgan fingerprint density at radius 1 is 1.31 bits per heavy atom. The van der Waals surface area contributed by atoms with Crippen LogP contribution >= 0.6 is 0 Å². The molecule has 4 nitrogen and oxygen atoms in total. The van der Waals surface area contributed by atoms with Gasteiger partial charge in [-0.2, -0.15) is 0 Å². The van der Waals surface area contributed by atoms with Crippen LogP contribution < -0.4 is 0 Å². The SMILES string of the molecule is CC(C)N(C)C1CC2(CCC1O)OCCO2. The number of hydrogen-bond acceptors (Lipinski definition) is 4. The summed E-state index contributed by atoms with van der Waals surface area (Å²) in [5.74, 6) is -0.410. The summed E-state index contributed by atoms with van der Waals surface area (Å²) in [6.45, 7) is 5.66. The van der Waals surface area contributed by atoms with E-state index in [0.29, 0.717) is 19.3 Å². The van der Waals surface area contributed by atoms with Crippen molar-refractivity contribution < 1.29 is 14.6 Å². The van der Waals surface area contributed by atoms with Gasteiger partial charge in [0.1, 0.15) is 0 Å². The van der Waals surface area contributed by atoms with Gasteiger partial charge in [0.05, 0.1) is 19.3 Å². The van der Waals surface area contributed by atoms with Crippen molar-refractivity contribution in [2.75, 3.05) is 20.3 Å². The van der Waals surface area contributed by atoms with E-state index in [1.807, 2.05) is 0 Å². The third kappa shape index (κ3) is 2.25. The van der Waals surface area contributed by atoms with Gasteiger partial charge in [-0.3, -0.25) is 4.90 Å². The molecule has 2 rings (SSSR count). The van der Waals surface area contributed by atoms with E-state index in [0.717, 1.165) is 19.3 Å². The Kier molecular flexibility index (Phi) is 3.54. The van der Waals surface area contributed by atoms with Gasteiger partial charge in [0, 0.05) is 24.9 Å². The molecule has 0 bridgehead atoms. The summed E-state index contributed by atoms with van der Waals surface area (Å²) in [4.78, 5) is 2.22. The number of ether oxygens (including phenoxy) is 2. The molecular formula is C12H23NO3. The maximum absolute atomic E-state index is 10.1. The lowest BCUT2D eigenvalue weighted by Gasteiger charge is -2.44. The second kappa shape index (κ2) is 4.61. The van der Waals surface area contributed by atoms with Gasteiger partial charge in [-0.1, -0.05) is 0 Å². The molecule has 1 heterocycles. The van der Waals surface area contributed by atoms with E-state index in [1.54, 1.807) is 0 Å². The first-order valence-electron chi connectivity index (χ1n) is 6.22. The highest BCUT2D eigenvalue weighted by Gasteiger charge is 2.46. The predicted molar refractivity (Wildman–Crippen MR) is 61.2 cm³/mol. The van der Waals surface area contributed by atoms with Crippen LogP contribution in [0.3, 0.4) is 0 Å². The van der Waals surface area contributed by atoms with E-state index in [2.05, 4.69) is 25.8 Å². The molecule has 1 spiro atoms. The van der Waals surface area contributed by atoms with E-state index in [9.17, 15) is 5.11 Å². The molecule has 1 saturated heterocycles. The minimum Gasteiger partial charge on any atom is -0.391 e. The van der Waals surface area contributed by atoms with Crippen molar-refractivity contribution in [1.82, 2.24) is 4.90 Å². The number of rotatable bonds is 2. The van der Waals surface area contributed by atoms with Crippen LogP contribution in [0.5, 0.6) is 0 Å². The van der Waals surface area contributed by atoms with Gasteiger partial charge in [0.25, 0.3) is 0 Å². The quantitative estimate of drug-likeness (QED) is 0.766. The van der Waals surface area contributed by atoms with Gasteiger partial charge < -0.3 is 14.6 Å². The van der Waals surface area contributed by atoms with Crippen LogP contribution in [0.15, 0.2) is 0 Å². The van der Waals surface area contributed by atoms with Crippen LogP contribution in [0.25, 0.3) is 0 Å². The largest absolute Gasteiger partial charge is 0.391 e. The number of aliphatic hydroxyl groups excluding tert-OH is 1. The highest BCUT2D eigenvalue weighted by atomic mass is 16.7. The monoisotopic (exact) mass is 229 g/mol. The average Bonchev–Trinajstić information content (AvgIpc) is 2.70. The summed E-state index contributed by atoms with van der Waals surface area (Å²) >= 11 is 0. The summed E-state index contributed by atoms with van der Waals surface area (Å²) < 4.78 is 11.5. The third-order valence-electron chi connectivity index (χ3n) is 3.94. The second-order valence-electron chi connectivity index (χ2n) is 5.24. The average molecular weight is 229 g/mol. The fraction of sp³-hybridized carbons (Fsp3) is 1.00. The van der Waals surface area contributed by atoms with Gasteiger partial charge in [-0.05, 0) is 27.3 Å². The molecule has 1 aliphatic carbocycles. The van der Waals surface area contributed by atoms with Gasteiger partial charge in [0.15, 0.2) is 5.79 Å². The van der Waals surface area contributed by atoms with Crippen LogP contribution in [0.1, 0.15) is 33.1 Å². The molecule has 2 atom stereocenters. The second-order valence-corrected chi connectivity index (χ2v) is 5.24. The molecule has 0 aromatic heterocycles. The molecule has 1 N–H and O–H groups in total. The molecule has 2 unspecified atom stereocenters. The molecule has 4 heteroatoms. The summed E-state index contributed by atoms with van der Waals surface area (Å²) in [6, 6.07) is 0.572. The normalized spacial score (nSPS) is 34.1. The molecule has 1 aliphatic heterocycles. The maximum atomic E-state index is 10.1. The molecule has 0 aromatic rings. The van der Waals surface area contributed by atoms with Crippen molar-refractivity contribution in [2.24, 2.45) is 0 Å². The van der Waals surface area contributed by atoms with Crippen molar-refractivity contribution >= 4 is 0 Å². The predicted octanol–water partition coefficient (Wildman–Crippen LogP) is 0.983. The molecule has 0 amide bonds. The third-order valence-corrected chi connectivity index (χ3v) is 3.94. The van der Waals surface area contributed by atoms with Gasteiger partial charge in [0.2, 0.25) is 0 Å². The number of hydrogen-bond donors (Lipinski definition) is 1. The van der Waals surface area contributed by atoms with Crippen molar-refractivity contribution in [3.8, 4) is 0 Å². The summed E-state index contributed by atoms with van der Waals surface area (Å²) in [6.07, 6.45) is 2.10. The van der Waals surface area contributed by atoms with Crippen LogP contribution in [-0.2, 0) is 9.47 Å². The first-order chi connectivity index (χ1) is 7.54. The molecule has 2 fully saturated rings. The Balaban J connectivity index is 2.05. The zero-order chi connectivity index (χ0) is 11.8. The topological polar surface area (TPSA) is 41.9 Å². The van der Waals surface area contributed by atoms with Crippen molar-refractivity contribution in [2.45, 2.75) is 57.1 Å². The Hall–Kier alpha value is -0.160. The number of likely N-dealkylation sites (N-methyl/N-ethyl adjacent to an activating group) is 1. The molecule has 16 heavy (non-hydrogen) atoms. The summed E-state index contributed by atoms with van der Waals surface area (Å²) in [5, 5.41) is 10.1. The fourth-order valence-electron chi connectivity index (χ4n) is 2.67. The van der Waals surface area contributed by atoms with Crippen molar-refractivity contribution in [3.63, 3.8) is 0 Å². The fourth-order valence-corrected chi connectivity index (χ4v) is 2.67. The smallest absolute Gasteiger partial charge is 0.170 e. The van der Waals surface area contributed by atoms with E-state index in [1.165, 1.54) is 0 Å². The molecule has 94 valence electrons. The maximum Gasteiger partial charge on any atom is 0.170 e. The lowest BCUT2D eigenvalue weighted by Crippen LogP contribution is -2.53. The Labute approximate surface area is 97.5 Å². The number of aliphatic hydroxyl groups is 1. The van der Waals surface area contributed by atoms with Crippen molar-refractivity contribution in [1.29, 1.82) is 0 Å². The van der Waals surface area contributed by atoms with Crippen molar-refractivity contribution in [3.05, 3.63) is 0 Å². The van der Waals surface area contributed by atoms with E-state index >= 15 is 0 Å². The number of nitrogens with zero attached hydrogens (tertiary/aromatic N) is 1. The zero-order valence-electron chi connectivity index (χ0n) is 10.5. The minimum absolute atomic E-state index is 0.145. The first-order valence-corrected chi connectivity index (χ1v) is 6.22. The van der Waals surface area contributed by atoms with Crippen LogP contribution in [0, 0.1) is 0 Å². The molecule has 2 aliphatic rings. The van der Waals surface area contributed by atoms with E-state index in [-0.39, 0.29) is 12.1 Å². The van der Waals surface area contributed by atoms with Crippen LogP contribution in [-0.4, -0.2) is 54.2 Å². The Bertz CT molecular complexity index is 238. The van der Waals surface area contributed by atoms with E-state index < -0.39 is 5.79 Å². The molecular weight excluding hydrogens is 206 g/mol. The Morgan fingerprint density at radius 2 is 1.94 bits per heavy atom. The highest BCUT2D eigenvalue weighted by molar-refractivity contribution is 4.93. The van der Waals surface area contributed by atoms with Gasteiger partial charge in [-0.25, -0.2) is 0 Å². The summed E-state index contributed by atoms with van der Waals surface area (Å²) in [5.41, 5.74) is 0. The van der Waals surface area contributed by atoms with Gasteiger partial charge >= 0.3 is 0 Å². The molecule has 0 radical (unpaired) electrons. The lowest BCUT2D eigenvalue weighted by atomic mass is 9.86. The summed E-state index contributed by atoms with van der Waals surface area (Å²) in [7, 11) is 2.06. The molecule has 0 aromatic carbocycles. The molecule has 1 saturated carbocycles. The minimum atomic E-state index is -0.410. The lowest BCUT2D eigenvalue weighted by molar-refractivity contribution is -0.205. The zero-order valence-corrected chi connectivity index (χ0v) is 10.5. The first kappa shape index (κ1) is 12.3. The van der Waals surface area contributed by atoms with Crippen LogP contribution in [0.2, 0.25) is 0 Å². The highest BCUT2D eigenvalue weighted by Crippen LogP contribution is 2.37. The van der Waals surface area contributed by atoms with E-state index in [4.69, 9.17) is 9.47 Å². The standard InChI is InChI=1S/C12H23NO3/c1-9(2)13(3)10-8-12(5-4-11(10)14)15-6-7-16-12/h9-11,14H,4-8H2,1-3H3.